The summed E-state index contributed by atoms with van der Waals surface area (Å²) in [6.45, 7) is 0.770. The lowest BCUT2D eigenvalue weighted by Gasteiger charge is -2.10. The summed E-state index contributed by atoms with van der Waals surface area (Å²) in [7, 11) is 0. The lowest BCUT2D eigenvalue weighted by Crippen LogP contribution is -2.25. The Hall–Kier alpha value is -2.42. The first-order valence-electron chi connectivity index (χ1n) is 10.9. The van der Waals surface area contributed by atoms with Crippen molar-refractivity contribution in [1.29, 1.82) is 0 Å². The van der Waals surface area contributed by atoms with E-state index in [0.29, 0.717) is 33.5 Å². The minimum Gasteiger partial charge on any atom is -0.487 e. The highest BCUT2D eigenvalue weighted by atomic mass is 35.5. The summed E-state index contributed by atoms with van der Waals surface area (Å²) >= 11 is 18.0. The summed E-state index contributed by atoms with van der Waals surface area (Å²) < 4.78 is 46.5. The topological polar surface area (TPSA) is 56.2 Å². The molecule has 0 spiro atoms. The monoisotopic (exact) mass is 545 g/mol. The van der Waals surface area contributed by atoms with Crippen molar-refractivity contribution in [3.63, 3.8) is 0 Å². The molecule has 1 N–H and O–H groups in total. The first-order valence-corrected chi connectivity index (χ1v) is 12.0. The third-order valence-corrected chi connectivity index (χ3v) is 6.40. The Bertz CT molecular complexity index is 1210. The maximum Gasteiger partial charge on any atom is 0.436 e. The standard InChI is InChI=1S/C24H21Cl3F3N3O2/c25-17-8-9-19(18(26)12-17)35-13-14-2-4-16(5-3-14)23(34)31-10-1-11-33-21(15-6-7-15)20(27)22(32-33)24(28,29)30/h2-5,8-9,12,15H,1,6-7,10-11,13H2,(H,31,34). The number of hydrogen-bond donors (Lipinski definition) is 1. The molecule has 2 aromatic carbocycles. The molecule has 0 bridgehead atoms. The molecule has 5 nitrogen and oxygen atoms in total. The Balaban J connectivity index is 1.27. The van der Waals surface area contributed by atoms with Gasteiger partial charge in [-0.1, -0.05) is 46.9 Å². The van der Waals surface area contributed by atoms with Crippen LogP contribution < -0.4 is 10.1 Å². The number of nitrogens with one attached hydrogen (secondary N) is 1. The molecule has 11 heteroatoms. The van der Waals surface area contributed by atoms with Crippen LogP contribution in [0.1, 0.15) is 52.5 Å². The van der Waals surface area contributed by atoms with Gasteiger partial charge in [-0.15, -0.1) is 0 Å². The summed E-state index contributed by atoms with van der Waals surface area (Å²) in [6, 6.07) is 11.8. The van der Waals surface area contributed by atoms with Crippen molar-refractivity contribution < 1.29 is 22.7 Å². The fraction of sp³-hybridized carbons (Fsp3) is 0.333. The van der Waals surface area contributed by atoms with Crippen LogP contribution in [0.15, 0.2) is 42.5 Å². The molecule has 1 aromatic heterocycles. The zero-order valence-electron chi connectivity index (χ0n) is 18.3. The van der Waals surface area contributed by atoms with Gasteiger partial charge in [0.05, 0.1) is 15.7 Å². The maximum absolute atomic E-state index is 13.2. The van der Waals surface area contributed by atoms with Crippen molar-refractivity contribution in [3.8, 4) is 5.75 Å². The van der Waals surface area contributed by atoms with Crippen LogP contribution in [0, 0.1) is 0 Å². The van der Waals surface area contributed by atoms with Crippen LogP contribution in [0.25, 0.3) is 0 Å². The molecule has 1 heterocycles. The lowest BCUT2D eigenvalue weighted by molar-refractivity contribution is -0.141. The zero-order valence-corrected chi connectivity index (χ0v) is 20.6. The number of alkyl halides is 3. The van der Waals surface area contributed by atoms with Crippen molar-refractivity contribution >= 4 is 40.7 Å². The molecule has 0 aliphatic heterocycles. The number of hydrogen-bond acceptors (Lipinski definition) is 3. The highest BCUT2D eigenvalue weighted by Gasteiger charge is 2.41. The van der Waals surface area contributed by atoms with Gasteiger partial charge in [0.2, 0.25) is 0 Å². The Morgan fingerprint density at radius 3 is 2.46 bits per heavy atom. The molecule has 1 fully saturated rings. The minimum atomic E-state index is -4.60. The number of ether oxygens (including phenoxy) is 1. The molecule has 0 unspecified atom stereocenters. The van der Waals surface area contributed by atoms with Crippen molar-refractivity contribution in [2.75, 3.05) is 6.54 Å². The molecule has 3 aromatic rings. The number of benzene rings is 2. The molecule has 0 saturated heterocycles. The van der Waals surface area contributed by atoms with Crippen LogP contribution in [-0.2, 0) is 19.3 Å². The predicted octanol–water partition coefficient (Wildman–Crippen LogP) is 7.14. The zero-order chi connectivity index (χ0) is 25.2. The van der Waals surface area contributed by atoms with Crippen LogP contribution in [0.5, 0.6) is 5.75 Å². The van der Waals surface area contributed by atoms with E-state index in [1.807, 2.05) is 0 Å². The molecule has 1 amide bonds. The molecular weight excluding hydrogens is 526 g/mol. The van der Waals surface area contributed by atoms with Gasteiger partial charge in [0, 0.05) is 29.6 Å². The average molecular weight is 547 g/mol. The normalized spacial score (nSPS) is 13.7. The summed E-state index contributed by atoms with van der Waals surface area (Å²) in [6.07, 6.45) is -2.59. The summed E-state index contributed by atoms with van der Waals surface area (Å²) in [5, 5.41) is 7.08. The van der Waals surface area contributed by atoms with Crippen LogP contribution in [0.4, 0.5) is 13.2 Å². The highest BCUT2D eigenvalue weighted by Crippen LogP contribution is 2.46. The Morgan fingerprint density at radius 1 is 1.11 bits per heavy atom. The van der Waals surface area contributed by atoms with E-state index in [2.05, 4.69) is 10.4 Å². The van der Waals surface area contributed by atoms with E-state index in [4.69, 9.17) is 39.5 Å². The van der Waals surface area contributed by atoms with E-state index in [0.717, 1.165) is 18.4 Å². The second-order valence-corrected chi connectivity index (χ2v) is 9.43. The van der Waals surface area contributed by atoms with Gasteiger partial charge in [-0.05, 0) is 55.2 Å². The number of aryl methyl sites for hydroxylation is 1. The number of nitrogens with zero attached hydrogens (tertiary/aromatic N) is 2. The van der Waals surface area contributed by atoms with E-state index in [-0.39, 0.29) is 36.5 Å². The van der Waals surface area contributed by atoms with E-state index in [1.54, 1.807) is 42.5 Å². The van der Waals surface area contributed by atoms with Crippen LogP contribution in [0.2, 0.25) is 15.1 Å². The maximum atomic E-state index is 13.2. The predicted molar refractivity (Wildman–Crippen MR) is 128 cm³/mol. The molecule has 35 heavy (non-hydrogen) atoms. The van der Waals surface area contributed by atoms with Gasteiger partial charge in [-0.25, -0.2) is 0 Å². The Labute approximate surface area is 215 Å². The number of carbonyl (C=O) groups is 1. The quantitative estimate of drug-likeness (QED) is 0.290. The highest BCUT2D eigenvalue weighted by molar-refractivity contribution is 6.35. The van der Waals surface area contributed by atoms with Gasteiger partial charge in [-0.3, -0.25) is 9.48 Å². The van der Waals surface area contributed by atoms with Gasteiger partial charge in [0.15, 0.2) is 5.69 Å². The number of rotatable bonds is 9. The second-order valence-electron chi connectivity index (χ2n) is 8.21. The number of aromatic nitrogens is 2. The van der Waals surface area contributed by atoms with Gasteiger partial charge < -0.3 is 10.1 Å². The average Bonchev–Trinajstić information content (AvgIpc) is 3.58. The Morgan fingerprint density at radius 2 is 1.83 bits per heavy atom. The molecule has 186 valence electrons. The molecular formula is C24H21Cl3F3N3O2. The van der Waals surface area contributed by atoms with Crippen molar-refractivity contribution in [1.82, 2.24) is 15.1 Å². The smallest absolute Gasteiger partial charge is 0.436 e. The van der Waals surface area contributed by atoms with Crippen molar-refractivity contribution in [2.24, 2.45) is 0 Å². The van der Waals surface area contributed by atoms with Gasteiger partial charge in [-0.2, -0.15) is 18.3 Å². The van der Waals surface area contributed by atoms with Crippen LogP contribution >= 0.6 is 34.8 Å². The molecule has 4 rings (SSSR count). The van der Waals surface area contributed by atoms with E-state index < -0.39 is 11.9 Å². The molecule has 1 aliphatic rings. The van der Waals surface area contributed by atoms with E-state index >= 15 is 0 Å². The number of halogens is 6. The molecule has 1 saturated carbocycles. The molecule has 0 atom stereocenters. The van der Waals surface area contributed by atoms with E-state index in [1.165, 1.54) is 4.68 Å². The fourth-order valence-electron chi connectivity index (χ4n) is 3.59. The largest absolute Gasteiger partial charge is 0.487 e. The fourth-order valence-corrected chi connectivity index (χ4v) is 4.45. The summed E-state index contributed by atoms with van der Waals surface area (Å²) in [4.78, 5) is 12.4. The van der Waals surface area contributed by atoms with Gasteiger partial charge in [0.1, 0.15) is 12.4 Å². The molecule has 0 radical (unpaired) electrons. The first kappa shape index (κ1) is 25.7. The third kappa shape index (κ3) is 6.42. The van der Waals surface area contributed by atoms with Gasteiger partial charge in [0.25, 0.3) is 5.91 Å². The van der Waals surface area contributed by atoms with Crippen LogP contribution in [-0.4, -0.2) is 22.2 Å². The van der Waals surface area contributed by atoms with Gasteiger partial charge >= 0.3 is 6.18 Å². The number of carbonyl (C=O) groups excluding carboxylic acids is 1. The third-order valence-electron chi connectivity index (χ3n) is 5.50. The second kappa shape index (κ2) is 10.7. The summed E-state index contributed by atoms with van der Waals surface area (Å²) in [5.74, 6) is 0.234. The van der Waals surface area contributed by atoms with Crippen molar-refractivity contribution in [2.45, 2.75) is 44.5 Å². The minimum absolute atomic E-state index is 0.0129. The SMILES string of the molecule is O=C(NCCCn1nc(C(F)(F)F)c(Cl)c1C1CC1)c1ccc(COc2ccc(Cl)cc2Cl)cc1. The number of amides is 1. The lowest BCUT2D eigenvalue weighted by atomic mass is 10.1. The van der Waals surface area contributed by atoms with Crippen LogP contribution in [0.3, 0.4) is 0 Å². The molecule has 1 aliphatic carbocycles. The van der Waals surface area contributed by atoms with E-state index in [9.17, 15) is 18.0 Å². The Kier molecular flexibility index (Phi) is 7.83. The first-order chi connectivity index (χ1) is 16.6. The van der Waals surface area contributed by atoms with Crippen molar-refractivity contribution in [3.05, 3.63) is 80.0 Å². The summed E-state index contributed by atoms with van der Waals surface area (Å²) in [5.41, 5.74) is 0.685.